The van der Waals surface area contributed by atoms with Gasteiger partial charge in [0.25, 0.3) is 0 Å². The van der Waals surface area contributed by atoms with Crippen LogP contribution in [0.2, 0.25) is 0 Å². The van der Waals surface area contributed by atoms with Crippen LogP contribution in [0.4, 0.5) is 0 Å². The second-order valence-electron chi connectivity index (χ2n) is 8.32. The van der Waals surface area contributed by atoms with E-state index in [2.05, 4.69) is 27.7 Å². The van der Waals surface area contributed by atoms with E-state index in [4.69, 9.17) is 4.74 Å². The molecule has 19 heavy (non-hydrogen) atoms. The molecule has 3 rings (SSSR count). The first-order chi connectivity index (χ1) is 8.67. The molecule has 1 aliphatic heterocycles. The summed E-state index contributed by atoms with van der Waals surface area (Å²) >= 11 is 0. The summed E-state index contributed by atoms with van der Waals surface area (Å²) in [5.41, 5.74) is 0.0741. The Labute approximate surface area is 116 Å². The maximum atomic E-state index is 10.3. The predicted molar refractivity (Wildman–Crippen MR) is 73.5 cm³/mol. The van der Waals surface area contributed by atoms with Gasteiger partial charge < -0.3 is 14.9 Å². The quantitative estimate of drug-likeness (QED) is 0.710. The van der Waals surface area contributed by atoms with Crippen molar-refractivity contribution in [2.75, 3.05) is 0 Å². The fraction of sp³-hybridized carbons (Fsp3) is 1.00. The van der Waals surface area contributed by atoms with Crippen LogP contribution in [-0.2, 0) is 4.74 Å². The zero-order chi connectivity index (χ0) is 14.1. The van der Waals surface area contributed by atoms with E-state index in [0.29, 0.717) is 11.8 Å². The number of hydrogen-bond acceptors (Lipinski definition) is 3. The summed E-state index contributed by atoms with van der Waals surface area (Å²) in [7, 11) is 0. The molecule has 3 heteroatoms. The molecule has 6 atom stereocenters. The Balaban J connectivity index is 2.00. The number of aliphatic hydroxyl groups excluding tert-OH is 2. The number of aliphatic hydroxyl groups is 2. The van der Waals surface area contributed by atoms with E-state index in [9.17, 15) is 10.2 Å². The summed E-state index contributed by atoms with van der Waals surface area (Å²) in [6.07, 6.45) is 3.85. The van der Waals surface area contributed by atoms with Gasteiger partial charge in [-0.25, -0.2) is 0 Å². The van der Waals surface area contributed by atoms with Crippen LogP contribution >= 0.6 is 0 Å². The highest BCUT2D eigenvalue weighted by Gasteiger charge is 2.63. The van der Waals surface area contributed by atoms with Crippen molar-refractivity contribution in [2.24, 2.45) is 22.7 Å². The zero-order valence-electron chi connectivity index (χ0n) is 12.6. The molecule has 0 radical (unpaired) electrons. The summed E-state index contributed by atoms with van der Waals surface area (Å²) in [4.78, 5) is 0. The van der Waals surface area contributed by atoms with Gasteiger partial charge in [0.05, 0.1) is 11.7 Å². The third-order valence-electron chi connectivity index (χ3n) is 6.48. The standard InChI is InChI=1S/C16H28O3/c1-14(2)8-10(17)9-15(3)11(14)5-6-16(4)12(15)7-13(18)19-16/h10-13,17-18H,5-9H2,1-4H3/t10-,11?,12?,13?,15-,16+/m0/s1. The van der Waals surface area contributed by atoms with Gasteiger partial charge in [-0.05, 0) is 55.3 Å². The number of ether oxygens (including phenoxy) is 1. The van der Waals surface area contributed by atoms with Crippen molar-refractivity contribution in [2.45, 2.75) is 77.8 Å². The van der Waals surface area contributed by atoms with E-state index < -0.39 is 6.29 Å². The van der Waals surface area contributed by atoms with Crippen LogP contribution in [-0.4, -0.2) is 28.2 Å². The molecule has 0 aromatic heterocycles. The van der Waals surface area contributed by atoms with Gasteiger partial charge in [-0.3, -0.25) is 0 Å². The molecular weight excluding hydrogens is 240 g/mol. The van der Waals surface area contributed by atoms with Crippen molar-refractivity contribution in [3.05, 3.63) is 0 Å². The van der Waals surface area contributed by atoms with E-state index in [1.807, 2.05) is 0 Å². The van der Waals surface area contributed by atoms with Crippen molar-refractivity contribution >= 4 is 0 Å². The van der Waals surface area contributed by atoms with E-state index in [0.717, 1.165) is 32.1 Å². The maximum Gasteiger partial charge on any atom is 0.155 e. The zero-order valence-corrected chi connectivity index (χ0v) is 12.6. The summed E-state index contributed by atoms with van der Waals surface area (Å²) in [5, 5.41) is 20.3. The van der Waals surface area contributed by atoms with Crippen molar-refractivity contribution in [3.8, 4) is 0 Å². The van der Waals surface area contributed by atoms with E-state index in [1.54, 1.807) is 0 Å². The van der Waals surface area contributed by atoms with Gasteiger partial charge in [0.1, 0.15) is 0 Å². The first-order valence-electron chi connectivity index (χ1n) is 7.71. The lowest BCUT2D eigenvalue weighted by molar-refractivity contribution is -0.192. The molecule has 2 saturated carbocycles. The van der Waals surface area contributed by atoms with Crippen molar-refractivity contribution in [1.82, 2.24) is 0 Å². The highest BCUT2D eigenvalue weighted by molar-refractivity contribution is 5.11. The highest BCUT2D eigenvalue weighted by Crippen LogP contribution is 2.65. The van der Waals surface area contributed by atoms with Gasteiger partial charge in [-0.15, -0.1) is 0 Å². The normalized spacial score (nSPS) is 56.5. The molecule has 110 valence electrons. The Kier molecular flexibility index (Phi) is 2.88. The molecule has 1 saturated heterocycles. The van der Waals surface area contributed by atoms with Crippen LogP contribution in [0.25, 0.3) is 0 Å². The second-order valence-corrected chi connectivity index (χ2v) is 8.32. The van der Waals surface area contributed by atoms with Gasteiger partial charge in [0.2, 0.25) is 0 Å². The molecule has 3 nitrogen and oxygen atoms in total. The lowest BCUT2D eigenvalue weighted by atomic mass is 9.45. The lowest BCUT2D eigenvalue weighted by Gasteiger charge is -2.61. The molecule has 3 unspecified atom stereocenters. The highest BCUT2D eigenvalue weighted by atomic mass is 16.6. The SMILES string of the molecule is CC1(C)C[C@H](O)C[C@@]2(C)C1CC[C@@]1(C)OC(O)CC21. The molecule has 2 aliphatic carbocycles. The Morgan fingerprint density at radius 1 is 1.00 bits per heavy atom. The molecule has 0 aromatic rings. The number of hydrogen-bond donors (Lipinski definition) is 2. The van der Waals surface area contributed by atoms with Crippen molar-refractivity contribution in [3.63, 3.8) is 0 Å². The molecule has 0 spiro atoms. The van der Waals surface area contributed by atoms with Crippen LogP contribution in [0, 0.1) is 22.7 Å². The van der Waals surface area contributed by atoms with Gasteiger partial charge in [0.15, 0.2) is 6.29 Å². The fourth-order valence-corrected chi connectivity index (χ4v) is 5.99. The van der Waals surface area contributed by atoms with Crippen LogP contribution in [0.3, 0.4) is 0 Å². The Hall–Kier alpha value is -0.120. The minimum absolute atomic E-state index is 0.0889. The first-order valence-corrected chi connectivity index (χ1v) is 7.71. The Morgan fingerprint density at radius 3 is 2.37 bits per heavy atom. The average molecular weight is 268 g/mol. The molecule has 3 fully saturated rings. The molecule has 1 heterocycles. The van der Waals surface area contributed by atoms with Gasteiger partial charge in [-0.2, -0.15) is 0 Å². The molecule has 0 amide bonds. The summed E-state index contributed by atoms with van der Waals surface area (Å²) in [6, 6.07) is 0. The van der Waals surface area contributed by atoms with Gasteiger partial charge in [0, 0.05) is 6.42 Å². The fourth-order valence-electron chi connectivity index (χ4n) is 5.99. The second kappa shape index (κ2) is 3.96. The average Bonchev–Trinajstić information content (AvgIpc) is 2.51. The number of rotatable bonds is 0. The van der Waals surface area contributed by atoms with E-state index in [1.165, 1.54) is 0 Å². The van der Waals surface area contributed by atoms with Gasteiger partial charge >= 0.3 is 0 Å². The third kappa shape index (κ3) is 1.89. The summed E-state index contributed by atoms with van der Waals surface area (Å²) < 4.78 is 5.84. The molecule has 0 bridgehead atoms. The summed E-state index contributed by atoms with van der Waals surface area (Å²) in [6.45, 7) is 9.08. The Bertz CT molecular complexity index is 380. The number of fused-ring (bicyclic) bond motifs is 3. The smallest absolute Gasteiger partial charge is 0.155 e. The third-order valence-corrected chi connectivity index (χ3v) is 6.48. The molecule has 3 aliphatic rings. The van der Waals surface area contributed by atoms with Crippen LogP contribution in [0.15, 0.2) is 0 Å². The predicted octanol–water partition coefficient (Wildman–Crippen LogP) is 2.70. The molecule has 2 N–H and O–H groups in total. The molecular formula is C16H28O3. The lowest BCUT2D eigenvalue weighted by Crippen LogP contribution is -2.58. The van der Waals surface area contributed by atoms with Crippen LogP contribution in [0.1, 0.15) is 59.8 Å². The van der Waals surface area contributed by atoms with Gasteiger partial charge in [-0.1, -0.05) is 20.8 Å². The minimum Gasteiger partial charge on any atom is -0.393 e. The van der Waals surface area contributed by atoms with Crippen molar-refractivity contribution in [1.29, 1.82) is 0 Å². The van der Waals surface area contributed by atoms with Crippen molar-refractivity contribution < 1.29 is 14.9 Å². The first kappa shape index (κ1) is 13.8. The van der Waals surface area contributed by atoms with E-state index in [-0.39, 0.29) is 22.5 Å². The largest absolute Gasteiger partial charge is 0.393 e. The van der Waals surface area contributed by atoms with Crippen LogP contribution in [0.5, 0.6) is 0 Å². The topological polar surface area (TPSA) is 49.7 Å². The van der Waals surface area contributed by atoms with Crippen LogP contribution < -0.4 is 0 Å². The maximum absolute atomic E-state index is 10.3. The summed E-state index contributed by atoms with van der Waals surface area (Å²) in [5.74, 6) is 0.985. The monoisotopic (exact) mass is 268 g/mol. The van der Waals surface area contributed by atoms with E-state index >= 15 is 0 Å². The Morgan fingerprint density at radius 2 is 1.68 bits per heavy atom. The minimum atomic E-state index is -0.618. The molecule has 0 aromatic carbocycles.